The lowest BCUT2D eigenvalue weighted by molar-refractivity contribution is 0.0697. The van der Waals surface area contributed by atoms with Crippen molar-refractivity contribution in [3.63, 3.8) is 0 Å². The Morgan fingerprint density at radius 2 is 2.35 bits per heavy atom. The average Bonchev–Trinajstić information content (AvgIpc) is 2.95. The Morgan fingerprint density at radius 3 is 3.12 bits per heavy atom. The van der Waals surface area contributed by atoms with Crippen LogP contribution in [-0.2, 0) is 0 Å². The van der Waals surface area contributed by atoms with Gasteiger partial charge >= 0.3 is 5.97 Å². The summed E-state index contributed by atoms with van der Waals surface area (Å²) in [7, 11) is 0. The number of carbonyl (C=O) groups is 1. The maximum absolute atomic E-state index is 10.9. The molecule has 17 heavy (non-hydrogen) atoms. The van der Waals surface area contributed by atoms with E-state index >= 15 is 0 Å². The second-order valence-electron chi connectivity index (χ2n) is 3.33. The van der Waals surface area contributed by atoms with Gasteiger partial charge < -0.3 is 9.63 Å². The minimum absolute atomic E-state index is 0.0200. The van der Waals surface area contributed by atoms with Gasteiger partial charge in [-0.25, -0.2) is 14.3 Å². The predicted octanol–water partition coefficient (Wildman–Crippen LogP) is 1.08. The molecule has 0 radical (unpaired) electrons. The third kappa shape index (κ3) is 1.44. The molecule has 0 fully saturated rings. The molecule has 3 aromatic heterocycles. The summed E-state index contributed by atoms with van der Waals surface area (Å²) >= 11 is 0. The monoisotopic (exact) mass is 230 g/mol. The van der Waals surface area contributed by atoms with Crippen molar-refractivity contribution in [2.45, 2.75) is 0 Å². The summed E-state index contributed by atoms with van der Waals surface area (Å²) in [5, 5.41) is 16.6. The van der Waals surface area contributed by atoms with Gasteiger partial charge in [0.1, 0.15) is 11.3 Å². The first kappa shape index (κ1) is 9.52. The summed E-state index contributed by atoms with van der Waals surface area (Å²) in [5.41, 5.74) is 0.974. The Bertz CT molecular complexity index is 667. The smallest absolute Gasteiger partial charge is 0.341 e. The van der Waals surface area contributed by atoms with Crippen LogP contribution >= 0.6 is 0 Å². The number of nitrogens with zero attached hydrogens (tertiary/aromatic N) is 4. The molecule has 0 aromatic carbocycles. The third-order valence-electron chi connectivity index (χ3n) is 2.27. The maximum atomic E-state index is 10.9. The minimum Gasteiger partial charge on any atom is -0.477 e. The van der Waals surface area contributed by atoms with E-state index in [-0.39, 0.29) is 11.3 Å². The van der Waals surface area contributed by atoms with E-state index in [0.29, 0.717) is 11.3 Å². The molecule has 7 heteroatoms. The Hall–Kier alpha value is -2.70. The van der Waals surface area contributed by atoms with Gasteiger partial charge in [-0.2, -0.15) is 5.10 Å². The highest BCUT2D eigenvalue weighted by atomic mass is 16.5. The molecule has 0 aliphatic carbocycles. The van der Waals surface area contributed by atoms with Crippen molar-refractivity contribution in [1.29, 1.82) is 0 Å². The van der Waals surface area contributed by atoms with Gasteiger partial charge in [0.05, 0.1) is 6.20 Å². The lowest BCUT2D eigenvalue weighted by Gasteiger charge is -1.90. The van der Waals surface area contributed by atoms with E-state index in [1.165, 1.54) is 4.52 Å². The van der Waals surface area contributed by atoms with Crippen molar-refractivity contribution in [3.05, 3.63) is 36.3 Å². The third-order valence-corrected chi connectivity index (χ3v) is 2.27. The standard InChI is InChI=1S/C10H6N4O3/c15-10(16)6-5-12-17-9(6)7-4-8-11-2-1-3-14(8)13-7/h1-5H,(H,15,16). The zero-order chi connectivity index (χ0) is 11.8. The lowest BCUT2D eigenvalue weighted by Crippen LogP contribution is -1.96. The van der Waals surface area contributed by atoms with Gasteiger partial charge in [-0.05, 0) is 6.07 Å². The second kappa shape index (κ2) is 3.41. The summed E-state index contributed by atoms with van der Waals surface area (Å²) in [6.07, 6.45) is 4.48. The number of carboxylic acid groups (broad SMARTS) is 1. The summed E-state index contributed by atoms with van der Waals surface area (Å²) in [6.45, 7) is 0. The van der Waals surface area contributed by atoms with Crippen LogP contribution in [0.15, 0.2) is 35.2 Å². The van der Waals surface area contributed by atoms with E-state index in [1.54, 1.807) is 24.5 Å². The first-order valence-corrected chi connectivity index (χ1v) is 4.74. The van der Waals surface area contributed by atoms with Gasteiger partial charge in [-0.15, -0.1) is 0 Å². The van der Waals surface area contributed by atoms with Crippen molar-refractivity contribution >= 4 is 11.6 Å². The predicted molar refractivity (Wildman–Crippen MR) is 55.4 cm³/mol. The molecule has 7 nitrogen and oxygen atoms in total. The molecule has 1 N–H and O–H groups in total. The Balaban J connectivity index is 2.20. The van der Waals surface area contributed by atoms with Gasteiger partial charge in [0.15, 0.2) is 5.65 Å². The van der Waals surface area contributed by atoms with Crippen LogP contribution in [0.1, 0.15) is 10.4 Å². The molecular weight excluding hydrogens is 224 g/mol. The maximum Gasteiger partial charge on any atom is 0.341 e. The van der Waals surface area contributed by atoms with Crippen LogP contribution in [0.4, 0.5) is 0 Å². The molecule has 0 bridgehead atoms. The fourth-order valence-corrected chi connectivity index (χ4v) is 1.52. The van der Waals surface area contributed by atoms with Crippen LogP contribution in [0.3, 0.4) is 0 Å². The second-order valence-corrected chi connectivity index (χ2v) is 3.33. The van der Waals surface area contributed by atoms with Crippen LogP contribution in [0.2, 0.25) is 0 Å². The number of rotatable bonds is 2. The first-order valence-electron chi connectivity index (χ1n) is 4.74. The molecule has 3 aromatic rings. The summed E-state index contributed by atoms with van der Waals surface area (Å²) in [6, 6.07) is 3.36. The van der Waals surface area contributed by atoms with Crippen LogP contribution in [0.25, 0.3) is 17.1 Å². The molecule has 3 heterocycles. The van der Waals surface area contributed by atoms with Crippen LogP contribution in [0, 0.1) is 0 Å². The molecule has 0 spiro atoms. The number of fused-ring (bicyclic) bond motifs is 1. The SMILES string of the molecule is O=C(O)c1cnoc1-c1cc2ncccn2n1. The van der Waals surface area contributed by atoms with E-state index < -0.39 is 5.97 Å². The Kier molecular flexibility index (Phi) is 1.91. The van der Waals surface area contributed by atoms with E-state index in [9.17, 15) is 4.79 Å². The molecule has 84 valence electrons. The minimum atomic E-state index is -1.11. The quantitative estimate of drug-likeness (QED) is 0.708. The summed E-state index contributed by atoms with van der Waals surface area (Å²) in [4.78, 5) is 15.0. The van der Waals surface area contributed by atoms with Crippen molar-refractivity contribution in [2.75, 3.05) is 0 Å². The number of carboxylic acids is 1. The lowest BCUT2D eigenvalue weighted by atomic mass is 10.2. The topological polar surface area (TPSA) is 93.5 Å². The zero-order valence-corrected chi connectivity index (χ0v) is 8.44. The highest BCUT2D eigenvalue weighted by Gasteiger charge is 2.19. The zero-order valence-electron chi connectivity index (χ0n) is 8.44. The molecular formula is C10H6N4O3. The van der Waals surface area contributed by atoms with Gasteiger partial charge in [0.25, 0.3) is 0 Å². The van der Waals surface area contributed by atoms with E-state index in [0.717, 1.165) is 6.20 Å². The number of hydrogen-bond acceptors (Lipinski definition) is 5. The van der Waals surface area contributed by atoms with Crippen LogP contribution in [0.5, 0.6) is 0 Å². The van der Waals surface area contributed by atoms with Crippen LogP contribution < -0.4 is 0 Å². The van der Waals surface area contributed by atoms with Crippen LogP contribution in [-0.4, -0.2) is 30.8 Å². The van der Waals surface area contributed by atoms with Gasteiger partial charge in [0, 0.05) is 18.5 Å². The number of hydrogen-bond donors (Lipinski definition) is 1. The molecule has 0 saturated heterocycles. The fraction of sp³-hybridized carbons (Fsp3) is 0. The molecule has 0 aliphatic rings. The Morgan fingerprint density at radius 1 is 1.47 bits per heavy atom. The first-order chi connectivity index (χ1) is 8.25. The molecule has 0 amide bonds. The van der Waals surface area contributed by atoms with E-state index in [4.69, 9.17) is 9.63 Å². The average molecular weight is 230 g/mol. The highest BCUT2D eigenvalue weighted by Crippen LogP contribution is 2.22. The van der Waals surface area contributed by atoms with Gasteiger partial charge in [0.2, 0.25) is 5.76 Å². The molecule has 0 atom stereocenters. The molecule has 3 rings (SSSR count). The van der Waals surface area contributed by atoms with Crippen molar-refractivity contribution in [1.82, 2.24) is 19.8 Å². The summed E-state index contributed by atoms with van der Waals surface area (Å²) < 4.78 is 6.44. The fourth-order valence-electron chi connectivity index (χ4n) is 1.52. The van der Waals surface area contributed by atoms with E-state index in [2.05, 4.69) is 15.2 Å². The Labute approximate surface area is 94.3 Å². The largest absolute Gasteiger partial charge is 0.477 e. The van der Waals surface area contributed by atoms with Gasteiger partial charge in [-0.1, -0.05) is 5.16 Å². The molecule has 0 aliphatic heterocycles. The van der Waals surface area contributed by atoms with E-state index in [1.807, 2.05) is 0 Å². The highest BCUT2D eigenvalue weighted by molar-refractivity contribution is 5.93. The molecule has 0 unspecified atom stereocenters. The van der Waals surface area contributed by atoms with Crippen molar-refractivity contribution < 1.29 is 14.4 Å². The van der Waals surface area contributed by atoms with Crippen molar-refractivity contribution in [2.24, 2.45) is 0 Å². The normalized spacial score (nSPS) is 10.8. The van der Waals surface area contributed by atoms with Crippen molar-refractivity contribution in [3.8, 4) is 11.5 Å². The number of aromatic nitrogens is 4. The summed E-state index contributed by atoms with van der Waals surface area (Å²) in [5.74, 6) is -0.978. The molecule has 0 saturated carbocycles. The van der Waals surface area contributed by atoms with Gasteiger partial charge in [-0.3, -0.25) is 0 Å². The number of aromatic carboxylic acids is 1.